The monoisotopic (exact) mass is 238 g/mol. The van der Waals surface area contributed by atoms with E-state index in [1.54, 1.807) is 13.4 Å². The van der Waals surface area contributed by atoms with Crippen molar-refractivity contribution in [2.75, 3.05) is 44.1 Å². The normalized spacial score (nSPS) is 10.6. The van der Waals surface area contributed by atoms with E-state index in [-0.39, 0.29) is 0 Å². The molecule has 0 saturated carbocycles. The maximum atomic E-state index is 5.13. The van der Waals surface area contributed by atoms with Gasteiger partial charge >= 0.3 is 0 Å². The van der Waals surface area contributed by atoms with E-state index in [0.717, 1.165) is 24.7 Å². The molecule has 0 aliphatic rings. The molecule has 17 heavy (non-hydrogen) atoms. The summed E-state index contributed by atoms with van der Waals surface area (Å²) in [5, 5.41) is 3.02. The first kappa shape index (κ1) is 13.7. The van der Waals surface area contributed by atoms with E-state index < -0.39 is 0 Å². The van der Waals surface area contributed by atoms with Crippen LogP contribution >= 0.6 is 0 Å². The Hall–Kier alpha value is -1.36. The van der Waals surface area contributed by atoms with E-state index in [9.17, 15) is 0 Å². The average molecular weight is 238 g/mol. The van der Waals surface area contributed by atoms with Crippen LogP contribution in [0.3, 0.4) is 0 Å². The molecule has 0 radical (unpaired) electrons. The van der Waals surface area contributed by atoms with Crippen molar-refractivity contribution >= 4 is 11.6 Å². The third-order valence-electron chi connectivity index (χ3n) is 2.38. The second kappa shape index (κ2) is 7.06. The summed E-state index contributed by atoms with van der Waals surface area (Å²) in [7, 11) is 3.57. The Morgan fingerprint density at radius 2 is 2.18 bits per heavy atom. The van der Waals surface area contributed by atoms with Crippen LogP contribution in [0.15, 0.2) is 12.4 Å². The quantitative estimate of drug-likeness (QED) is 0.782. The van der Waals surface area contributed by atoms with Crippen LogP contribution in [0.2, 0.25) is 0 Å². The van der Waals surface area contributed by atoms with Crippen molar-refractivity contribution < 1.29 is 4.74 Å². The fourth-order valence-corrected chi connectivity index (χ4v) is 1.60. The van der Waals surface area contributed by atoms with Gasteiger partial charge in [0.05, 0.1) is 6.61 Å². The van der Waals surface area contributed by atoms with Crippen LogP contribution in [-0.2, 0) is 4.74 Å². The number of methoxy groups -OCH3 is 1. The molecule has 1 rings (SSSR count). The van der Waals surface area contributed by atoms with Gasteiger partial charge in [0, 0.05) is 33.3 Å². The van der Waals surface area contributed by atoms with E-state index in [1.807, 2.05) is 13.1 Å². The second-order valence-corrected chi connectivity index (χ2v) is 4.34. The summed E-state index contributed by atoms with van der Waals surface area (Å²) >= 11 is 0. The Kier molecular flexibility index (Phi) is 5.69. The van der Waals surface area contributed by atoms with Gasteiger partial charge in [-0.15, -0.1) is 0 Å². The standard InChI is InChI=1S/C12H22N4O/c1-10(2)8-16(5-6-17-4)12-7-11(13-3)14-9-15-12/h7,9-10H,5-6,8H2,1-4H3,(H,13,14,15). The molecule has 1 N–H and O–H groups in total. The molecule has 1 aromatic rings. The molecule has 0 atom stereocenters. The van der Waals surface area contributed by atoms with Crippen molar-refractivity contribution in [2.45, 2.75) is 13.8 Å². The third-order valence-corrected chi connectivity index (χ3v) is 2.38. The highest BCUT2D eigenvalue weighted by Gasteiger charge is 2.10. The minimum absolute atomic E-state index is 0.583. The zero-order chi connectivity index (χ0) is 12.7. The number of anilines is 2. The maximum absolute atomic E-state index is 5.13. The van der Waals surface area contributed by atoms with Crippen molar-refractivity contribution in [3.8, 4) is 0 Å². The predicted molar refractivity (Wildman–Crippen MR) is 70.5 cm³/mol. The van der Waals surface area contributed by atoms with Gasteiger partial charge in [0.1, 0.15) is 18.0 Å². The van der Waals surface area contributed by atoms with Crippen molar-refractivity contribution in [1.82, 2.24) is 9.97 Å². The van der Waals surface area contributed by atoms with Gasteiger partial charge in [-0.3, -0.25) is 0 Å². The van der Waals surface area contributed by atoms with Gasteiger partial charge < -0.3 is 15.0 Å². The minimum atomic E-state index is 0.583. The van der Waals surface area contributed by atoms with Gasteiger partial charge in [-0.1, -0.05) is 13.8 Å². The fraction of sp³-hybridized carbons (Fsp3) is 0.667. The molecular formula is C12H22N4O. The van der Waals surface area contributed by atoms with E-state index in [4.69, 9.17) is 4.74 Å². The number of ether oxygens (including phenoxy) is 1. The van der Waals surface area contributed by atoms with Crippen LogP contribution in [0.1, 0.15) is 13.8 Å². The van der Waals surface area contributed by atoms with Crippen molar-refractivity contribution in [3.63, 3.8) is 0 Å². The molecule has 0 aliphatic carbocycles. The molecular weight excluding hydrogens is 216 g/mol. The van der Waals surface area contributed by atoms with Gasteiger partial charge in [0.15, 0.2) is 0 Å². The lowest BCUT2D eigenvalue weighted by molar-refractivity contribution is 0.204. The van der Waals surface area contributed by atoms with Crippen LogP contribution in [0, 0.1) is 5.92 Å². The Balaban J connectivity index is 2.78. The first-order valence-electron chi connectivity index (χ1n) is 5.91. The number of nitrogens with one attached hydrogen (secondary N) is 1. The van der Waals surface area contributed by atoms with E-state index in [1.165, 1.54) is 0 Å². The van der Waals surface area contributed by atoms with Gasteiger partial charge in [-0.25, -0.2) is 9.97 Å². The molecule has 1 aromatic heterocycles. The van der Waals surface area contributed by atoms with E-state index in [0.29, 0.717) is 12.5 Å². The molecule has 0 saturated heterocycles. The average Bonchev–Trinajstić information content (AvgIpc) is 2.34. The topological polar surface area (TPSA) is 50.3 Å². The summed E-state index contributed by atoms with van der Waals surface area (Å²) in [6.45, 7) is 6.89. The summed E-state index contributed by atoms with van der Waals surface area (Å²) in [5.41, 5.74) is 0. The third kappa shape index (κ3) is 4.56. The van der Waals surface area contributed by atoms with Crippen LogP contribution in [0.25, 0.3) is 0 Å². The summed E-state index contributed by atoms with van der Waals surface area (Å²) < 4.78 is 5.13. The highest BCUT2D eigenvalue weighted by atomic mass is 16.5. The molecule has 0 aliphatic heterocycles. The van der Waals surface area contributed by atoms with Gasteiger partial charge in [-0.05, 0) is 5.92 Å². The molecule has 1 heterocycles. The Labute approximate surface area is 103 Å². The minimum Gasteiger partial charge on any atom is -0.383 e. The van der Waals surface area contributed by atoms with E-state index >= 15 is 0 Å². The van der Waals surface area contributed by atoms with Crippen LogP contribution in [-0.4, -0.2) is 43.8 Å². The lowest BCUT2D eigenvalue weighted by Crippen LogP contribution is -2.31. The molecule has 0 spiro atoms. The number of hydrogen-bond acceptors (Lipinski definition) is 5. The SMILES string of the molecule is CNc1cc(N(CCOC)CC(C)C)ncn1. The zero-order valence-corrected chi connectivity index (χ0v) is 11.1. The smallest absolute Gasteiger partial charge is 0.134 e. The van der Waals surface area contributed by atoms with Gasteiger partial charge in [0.2, 0.25) is 0 Å². The number of nitrogens with zero attached hydrogens (tertiary/aromatic N) is 3. The lowest BCUT2D eigenvalue weighted by Gasteiger charge is -2.25. The summed E-state index contributed by atoms with van der Waals surface area (Å²) in [5.74, 6) is 2.36. The predicted octanol–water partition coefficient (Wildman–Crippen LogP) is 1.63. The molecule has 5 heteroatoms. The fourth-order valence-electron chi connectivity index (χ4n) is 1.60. The largest absolute Gasteiger partial charge is 0.383 e. The van der Waals surface area contributed by atoms with Crippen LogP contribution in [0.4, 0.5) is 11.6 Å². The van der Waals surface area contributed by atoms with Crippen molar-refractivity contribution in [2.24, 2.45) is 5.92 Å². The summed E-state index contributed by atoms with van der Waals surface area (Å²) in [6, 6.07) is 1.96. The number of rotatable bonds is 7. The maximum Gasteiger partial charge on any atom is 0.134 e. The number of hydrogen-bond donors (Lipinski definition) is 1. The number of aromatic nitrogens is 2. The summed E-state index contributed by atoms with van der Waals surface area (Å²) in [6.07, 6.45) is 1.58. The molecule has 0 unspecified atom stereocenters. The first-order valence-corrected chi connectivity index (χ1v) is 5.91. The van der Waals surface area contributed by atoms with Crippen molar-refractivity contribution in [3.05, 3.63) is 12.4 Å². The molecule has 96 valence electrons. The van der Waals surface area contributed by atoms with E-state index in [2.05, 4.69) is 34.0 Å². The van der Waals surface area contributed by atoms with Crippen LogP contribution in [0.5, 0.6) is 0 Å². The Morgan fingerprint density at radius 3 is 2.76 bits per heavy atom. The molecule has 0 fully saturated rings. The highest BCUT2D eigenvalue weighted by Crippen LogP contribution is 2.15. The van der Waals surface area contributed by atoms with Gasteiger partial charge in [-0.2, -0.15) is 0 Å². The van der Waals surface area contributed by atoms with Crippen LogP contribution < -0.4 is 10.2 Å². The zero-order valence-electron chi connectivity index (χ0n) is 11.1. The molecule has 0 amide bonds. The Bertz CT molecular complexity index is 330. The lowest BCUT2D eigenvalue weighted by atomic mass is 10.2. The van der Waals surface area contributed by atoms with Gasteiger partial charge in [0.25, 0.3) is 0 Å². The highest BCUT2D eigenvalue weighted by molar-refractivity contribution is 5.48. The molecule has 0 aromatic carbocycles. The van der Waals surface area contributed by atoms with Crippen molar-refractivity contribution in [1.29, 1.82) is 0 Å². The molecule has 5 nitrogen and oxygen atoms in total. The first-order chi connectivity index (χ1) is 8.17. The Morgan fingerprint density at radius 1 is 1.41 bits per heavy atom. The summed E-state index contributed by atoms with van der Waals surface area (Å²) in [4.78, 5) is 10.7. The molecule has 0 bridgehead atoms. The second-order valence-electron chi connectivity index (χ2n) is 4.34.